The number of ether oxygens (including phenoxy) is 1. The number of amides is 1. The Hall–Kier alpha value is -2.87. The van der Waals surface area contributed by atoms with Crippen molar-refractivity contribution in [3.63, 3.8) is 0 Å². The summed E-state index contributed by atoms with van der Waals surface area (Å²) in [6.07, 6.45) is 3.72. The third-order valence-corrected chi connectivity index (χ3v) is 8.74. The number of methoxy groups -OCH3 is 1. The van der Waals surface area contributed by atoms with Crippen LogP contribution in [0.1, 0.15) is 30.9 Å². The maximum absolute atomic E-state index is 14.6. The first-order valence-corrected chi connectivity index (χ1v) is 14.1. The van der Waals surface area contributed by atoms with E-state index in [1.807, 2.05) is 11.0 Å². The lowest BCUT2D eigenvalue weighted by Gasteiger charge is -2.37. The number of aliphatic carboxylic acids is 2. The Kier molecular flexibility index (Phi) is 12.8. The standard InChI is InChI=1S/C25H32FN3O7S2/c1-3-6-15-13-29(22(25(35)36-2)16-7-4-5-8-17(16)26)12-11-20(15)38-37-14-19(24(33)34)28-21(30)10-9-18(27)23(31)32/h3-8,18-20,22H,1,9-14,27H2,2H3,(H,28,30)(H,31,32)(H,33,34)/b15-6-. The van der Waals surface area contributed by atoms with Gasteiger partial charge in [-0.15, -0.1) is 0 Å². The van der Waals surface area contributed by atoms with E-state index >= 15 is 0 Å². The van der Waals surface area contributed by atoms with Gasteiger partial charge in [0.1, 0.15) is 23.9 Å². The molecule has 0 saturated carbocycles. The van der Waals surface area contributed by atoms with Gasteiger partial charge in [-0.1, -0.05) is 58.5 Å². The number of allylic oxidation sites excluding steroid dienone is 2. The van der Waals surface area contributed by atoms with Gasteiger partial charge in [0.25, 0.3) is 0 Å². The smallest absolute Gasteiger partial charge is 0.327 e. The fourth-order valence-electron chi connectivity index (χ4n) is 3.85. The van der Waals surface area contributed by atoms with E-state index in [4.69, 9.17) is 15.6 Å². The topological polar surface area (TPSA) is 159 Å². The second-order valence-electron chi connectivity index (χ2n) is 8.49. The molecular formula is C25H32FN3O7S2. The Labute approximate surface area is 228 Å². The minimum atomic E-state index is -1.24. The number of carboxylic acid groups (broad SMARTS) is 2. The predicted octanol–water partition coefficient (Wildman–Crippen LogP) is 2.37. The molecule has 1 aromatic carbocycles. The number of halogens is 1. The molecule has 13 heteroatoms. The molecule has 1 heterocycles. The summed E-state index contributed by atoms with van der Waals surface area (Å²) in [6.45, 7) is 4.56. The second-order valence-corrected chi connectivity index (χ2v) is 11.1. The second kappa shape index (κ2) is 15.5. The quantitative estimate of drug-likeness (QED) is 0.192. The normalized spacial score (nSPS) is 19.2. The number of esters is 1. The van der Waals surface area contributed by atoms with Gasteiger partial charge < -0.3 is 26.0 Å². The Morgan fingerprint density at radius 2 is 2.00 bits per heavy atom. The van der Waals surface area contributed by atoms with Crippen LogP contribution in [-0.2, 0) is 23.9 Å². The van der Waals surface area contributed by atoms with E-state index in [0.717, 1.165) is 5.57 Å². The van der Waals surface area contributed by atoms with Crippen LogP contribution >= 0.6 is 21.6 Å². The summed E-state index contributed by atoms with van der Waals surface area (Å²) in [5, 5.41) is 20.7. The van der Waals surface area contributed by atoms with E-state index in [2.05, 4.69) is 11.9 Å². The molecule has 1 aliphatic rings. The summed E-state index contributed by atoms with van der Waals surface area (Å²) in [5.41, 5.74) is 6.53. The van der Waals surface area contributed by atoms with Gasteiger partial charge in [0, 0.05) is 36.1 Å². The monoisotopic (exact) mass is 569 g/mol. The van der Waals surface area contributed by atoms with E-state index in [-0.39, 0.29) is 29.4 Å². The lowest BCUT2D eigenvalue weighted by molar-refractivity contribution is -0.147. The summed E-state index contributed by atoms with van der Waals surface area (Å²) in [7, 11) is 3.97. The molecule has 0 aliphatic carbocycles. The van der Waals surface area contributed by atoms with E-state index in [9.17, 15) is 28.7 Å². The molecule has 1 saturated heterocycles. The molecule has 0 radical (unpaired) electrons. The van der Waals surface area contributed by atoms with E-state index < -0.39 is 47.8 Å². The molecule has 2 rings (SSSR count). The number of carboxylic acids is 2. The van der Waals surface area contributed by atoms with Crippen LogP contribution in [0.15, 0.2) is 48.6 Å². The highest BCUT2D eigenvalue weighted by atomic mass is 33.1. The first-order chi connectivity index (χ1) is 18.1. The molecular weight excluding hydrogens is 537 g/mol. The Morgan fingerprint density at radius 3 is 2.61 bits per heavy atom. The van der Waals surface area contributed by atoms with Crippen LogP contribution < -0.4 is 11.1 Å². The Morgan fingerprint density at radius 1 is 1.29 bits per heavy atom. The number of nitrogens with one attached hydrogen (secondary N) is 1. The first-order valence-electron chi connectivity index (χ1n) is 11.8. The molecule has 0 spiro atoms. The number of piperidine rings is 1. The number of nitrogens with zero attached hydrogens (tertiary/aromatic N) is 1. The summed E-state index contributed by atoms with van der Waals surface area (Å²) >= 11 is 0. The molecule has 1 aliphatic heterocycles. The maximum atomic E-state index is 14.6. The van der Waals surface area contributed by atoms with Crippen molar-refractivity contribution in [2.45, 2.75) is 42.6 Å². The van der Waals surface area contributed by atoms with Crippen LogP contribution in [0.3, 0.4) is 0 Å². The van der Waals surface area contributed by atoms with Gasteiger partial charge in [-0.05, 0) is 24.5 Å². The minimum Gasteiger partial charge on any atom is -0.480 e. The van der Waals surface area contributed by atoms with E-state index in [1.54, 1.807) is 24.3 Å². The third-order valence-electron chi connectivity index (χ3n) is 5.85. The van der Waals surface area contributed by atoms with Crippen LogP contribution in [0, 0.1) is 5.82 Å². The number of hydrogen-bond acceptors (Lipinski definition) is 9. The lowest BCUT2D eigenvalue weighted by Crippen LogP contribution is -2.43. The van der Waals surface area contributed by atoms with Crippen molar-refractivity contribution in [2.75, 3.05) is 26.0 Å². The van der Waals surface area contributed by atoms with Crippen LogP contribution in [0.2, 0.25) is 0 Å². The molecule has 1 fully saturated rings. The summed E-state index contributed by atoms with van der Waals surface area (Å²) in [6, 6.07) is 2.77. The molecule has 1 amide bonds. The van der Waals surface area contributed by atoms with Crippen molar-refractivity contribution in [3.05, 3.63) is 60.0 Å². The van der Waals surface area contributed by atoms with Gasteiger partial charge in [-0.25, -0.2) is 14.0 Å². The number of carbonyl (C=O) groups excluding carboxylic acids is 2. The highest BCUT2D eigenvalue weighted by Gasteiger charge is 2.35. The van der Waals surface area contributed by atoms with Gasteiger partial charge in [0.15, 0.2) is 0 Å². The molecule has 208 valence electrons. The van der Waals surface area contributed by atoms with Crippen molar-refractivity contribution >= 4 is 45.4 Å². The Balaban J connectivity index is 2.01. The predicted molar refractivity (Wildman–Crippen MR) is 144 cm³/mol. The largest absolute Gasteiger partial charge is 0.480 e. The molecule has 10 nitrogen and oxygen atoms in total. The zero-order chi connectivity index (χ0) is 28.2. The third kappa shape index (κ3) is 9.15. The molecule has 5 N–H and O–H groups in total. The first kappa shape index (κ1) is 31.3. The van der Waals surface area contributed by atoms with Crippen molar-refractivity contribution in [2.24, 2.45) is 5.73 Å². The van der Waals surface area contributed by atoms with Crippen molar-refractivity contribution in [1.82, 2.24) is 10.2 Å². The summed E-state index contributed by atoms with van der Waals surface area (Å²) < 4.78 is 19.5. The Bertz CT molecular complexity index is 1060. The van der Waals surface area contributed by atoms with E-state index in [0.29, 0.717) is 19.5 Å². The summed E-state index contributed by atoms with van der Waals surface area (Å²) in [5.74, 6) is -4.05. The molecule has 38 heavy (non-hydrogen) atoms. The number of benzene rings is 1. The van der Waals surface area contributed by atoms with Gasteiger partial charge in [0.2, 0.25) is 5.91 Å². The SMILES string of the molecule is C=C/C=C1/CN(C(C(=O)OC)c2ccccc2F)CCC1SSCC(NC(=O)CCC(N)C(=O)O)C(=O)O. The number of hydrogen-bond donors (Lipinski definition) is 4. The number of likely N-dealkylation sites (tertiary alicyclic amines) is 1. The fraction of sp³-hybridized carbons (Fsp3) is 0.440. The van der Waals surface area contributed by atoms with Crippen molar-refractivity contribution in [1.29, 1.82) is 0 Å². The highest BCUT2D eigenvalue weighted by Crippen LogP contribution is 2.39. The molecule has 4 unspecified atom stereocenters. The zero-order valence-electron chi connectivity index (χ0n) is 20.9. The lowest BCUT2D eigenvalue weighted by atomic mass is 9.98. The maximum Gasteiger partial charge on any atom is 0.327 e. The van der Waals surface area contributed by atoms with Crippen LogP contribution in [0.25, 0.3) is 0 Å². The zero-order valence-corrected chi connectivity index (χ0v) is 22.5. The van der Waals surface area contributed by atoms with Crippen LogP contribution in [0.5, 0.6) is 0 Å². The van der Waals surface area contributed by atoms with Gasteiger partial charge in [-0.3, -0.25) is 14.5 Å². The van der Waals surface area contributed by atoms with E-state index in [1.165, 1.54) is 34.8 Å². The fourth-order valence-corrected chi connectivity index (χ4v) is 6.73. The molecule has 4 atom stereocenters. The number of rotatable bonds is 14. The van der Waals surface area contributed by atoms with Crippen molar-refractivity contribution in [3.8, 4) is 0 Å². The van der Waals surface area contributed by atoms with Crippen molar-refractivity contribution < 1.29 is 38.5 Å². The molecule has 0 aromatic heterocycles. The van der Waals surface area contributed by atoms with Crippen LogP contribution in [0.4, 0.5) is 4.39 Å². The van der Waals surface area contributed by atoms with Crippen LogP contribution in [-0.4, -0.2) is 82.2 Å². The molecule has 0 bridgehead atoms. The highest BCUT2D eigenvalue weighted by molar-refractivity contribution is 8.77. The number of carbonyl (C=O) groups is 4. The van der Waals surface area contributed by atoms with Gasteiger partial charge in [-0.2, -0.15) is 0 Å². The minimum absolute atomic E-state index is 0.0353. The van der Waals surface area contributed by atoms with Gasteiger partial charge in [0.05, 0.1) is 7.11 Å². The average molecular weight is 570 g/mol. The molecule has 1 aromatic rings. The summed E-state index contributed by atoms with van der Waals surface area (Å²) in [4.78, 5) is 49.0. The van der Waals surface area contributed by atoms with Gasteiger partial charge >= 0.3 is 17.9 Å². The number of nitrogens with two attached hydrogens (primary N) is 1. The average Bonchev–Trinajstić information content (AvgIpc) is 2.88.